The van der Waals surface area contributed by atoms with Crippen LogP contribution in [-0.4, -0.2) is 15.1 Å². The van der Waals surface area contributed by atoms with Crippen molar-refractivity contribution in [1.29, 1.82) is 0 Å². The molecule has 5 nitrogen and oxygen atoms in total. The van der Waals surface area contributed by atoms with Crippen LogP contribution in [0.5, 0.6) is 0 Å². The number of pyridine rings is 1. The summed E-state index contributed by atoms with van der Waals surface area (Å²) < 4.78 is 4.59. The topological polar surface area (TPSA) is 63.8 Å². The maximum atomic E-state index is 5.70. The number of nitrogens with one attached hydrogen (secondary N) is 1. The quantitative estimate of drug-likeness (QED) is 0.782. The number of anilines is 1. The van der Waals surface area contributed by atoms with Crippen molar-refractivity contribution in [2.75, 3.05) is 5.32 Å². The Morgan fingerprint density at radius 1 is 1.43 bits per heavy atom. The van der Waals surface area contributed by atoms with Gasteiger partial charge in [0, 0.05) is 11.9 Å². The number of hydrogen-bond donors (Lipinski definition) is 1. The normalized spacial score (nSPS) is 10.1. The van der Waals surface area contributed by atoms with Crippen molar-refractivity contribution >= 4 is 17.3 Å². The summed E-state index contributed by atoms with van der Waals surface area (Å²) in [6.07, 6.45) is 2.91. The van der Waals surface area contributed by atoms with E-state index in [1.54, 1.807) is 12.3 Å². The average molecular weight is 211 g/mol. The van der Waals surface area contributed by atoms with Gasteiger partial charge in [0.25, 0.3) is 0 Å². The zero-order chi connectivity index (χ0) is 9.80. The highest BCUT2D eigenvalue weighted by molar-refractivity contribution is 6.29. The van der Waals surface area contributed by atoms with Crippen LogP contribution in [0, 0.1) is 0 Å². The van der Waals surface area contributed by atoms with Crippen LogP contribution in [0.2, 0.25) is 5.15 Å². The molecule has 2 rings (SSSR count). The summed E-state index contributed by atoms with van der Waals surface area (Å²) >= 11 is 5.70. The number of hydrogen-bond acceptors (Lipinski definition) is 5. The number of rotatable bonds is 3. The second-order valence-electron chi connectivity index (χ2n) is 2.57. The third-order valence-electron chi connectivity index (χ3n) is 1.58. The highest BCUT2D eigenvalue weighted by Crippen LogP contribution is 2.12. The van der Waals surface area contributed by atoms with E-state index in [0.717, 1.165) is 5.69 Å². The summed E-state index contributed by atoms with van der Waals surface area (Å²) in [6.45, 7) is 0.497. The Labute approximate surface area is 85.1 Å². The fourth-order valence-corrected chi connectivity index (χ4v) is 1.14. The Balaban J connectivity index is 1.98. The SMILES string of the molecule is Clc1cc(NCc2ncon2)ccn1. The summed E-state index contributed by atoms with van der Waals surface area (Å²) in [4.78, 5) is 7.73. The van der Waals surface area contributed by atoms with Crippen molar-refractivity contribution in [3.05, 3.63) is 35.7 Å². The summed E-state index contributed by atoms with van der Waals surface area (Å²) in [5.74, 6) is 0.595. The second kappa shape index (κ2) is 4.06. The summed E-state index contributed by atoms with van der Waals surface area (Å²) in [7, 11) is 0. The maximum absolute atomic E-state index is 5.70. The first-order chi connectivity index (χ1) is 6.84. The van der Waals surface area contributed by atoms with Gasteiger partial charge in [0.2, 0.25) is 6.39 Å². The van der Waals surface area contributed by atoms with Gasteiger partial charge in [0.05, 0.1) is 6.54 Å². The smallest absolute Gasteiger partial charge is 0.213 e. The standard InChI is InChI=1S/C8H7ClN4O/c9-7-3-6(1-2-10-7)11-4-8-12-5-14-13-8/h1-3,5H,4H2,(H,10,11). The molecule has 0 aliphatic heterocycles. The zero-order valence-electron chi connectivity index (χ0n) is 7.14. The predicted octanol–water partition coefficient (Wildman–Crippen LogP) is 1.73. The monoisotopic (exact) mass is 210 g/mol. The van der Waals surface area contributed by atoms with Crippen molar-refractivity contribution in [1.82, 2.24) is 15.1 Å². The summed E-state index contributed by atoms with van der Waals surface area (Å²) in [5.41, 5.74) is 0.870. The fourth-order valence-electron chi connectivity index (χ4n) is 0.964. The Morgan fingerprint density at radius 2 is 2.36 bits per heavy atom. The lowest BCUT2D eigenvalue weighted by atomic mass is 10.4. The molecule has 2 aromatic rings. The van der Waals surface area contributed by atoms with E-state index >= 15 is 0 Å². The van der Waals surface area contributed by atoms with Crippen LogP contribution in [0.1, 0.15) is 5.82 Å². The van der Waals surface area contributed by atoms with Gasteiger partial charge in [-0.3, -0.25) is 0 Å². The molecule has 2 heterocycles. The van der Waals surface area contributed by atoms with Crippen molar-refractivity contribution in [3.63, 3.8) is 0 Å². The molecule has 0 radical (unpaired) electrons. The third kappa shape index (κ3) is 2.20. The Bertz CT molecular complexity index is 403. The van der Waals surface area contributed by atoms with E-state index < -0.39 is 0 Å². The second-order valence-corrected chi connectivity index (χ2v) is 2.96. The number of aromatic nitrogens is 3. The lowest BCUT2D eigenvalue weighted by Gasteiger charge is -2.02. The van der Waals surface area contributed by atoms with Gasteiger partial charge < -0.3 is 9.84 Å². The Morgan fingerprint density at radius 3 is 3.07 bits per heavy atom. The molecule has 0 atom stereocenters. The van der Waals surface area contributed by atoms with Gasteiger partial charge in [-0.15, -0.1) is 0 Å². The van der Waals surface area contributed by atoms with E-state index in [0.29, 0.717) is 17.5 Å². The van der Waals surface area contributed by atoms with Crippen LogP contribution in [-0.2, 0) is 6.54 Å². The number of nitrogens with zero attached hydrogens (tertiary/aromatic N) is 3. The minimum Gasteiger partial charge on any atom is -0.377 e. The molecule has 72 valence electrons. The maximum Gasteiger partial charge on any atom is 0.213 e. The van der Waals surface area contributed by atoms with Crippen LogP contribution in [0.25, 0.3) is 0 Å². The van der Waals surface area contributed by atoms with E-state index in [1.807, 2.05) is 6.07 Å². The lowest BCUT2D eigenvalue weighted by Crippen LogP contribution is -2.00. The molecule has 0 bridgehead atoms. The zero-order valence-corrected chi connectivity index (χ0v) is 7.90. The van der Waals surface area contributed by atoms with Crippen molar-refractivity contribution in [3.8, 4) is 0 Å². The van der Waals surface area contributed by atoms with Crippen molar-refractivity contribution in [2.45, 2.75) is 6.54 Å². The van der Waals surface area contributed by atoms with Gasteiger partial charge in [-0.25, -0.2) is 4.98 Å². The molecule has 6 heteroatoms. The highest BCUT2D eigenvalue weighted by Gasteiger charge is 1.98. The van der Waals surface area contributed by atoms with Gasteiger partial charge in [-0.05, 0) is 12.1 Å². The molecule has 0 spiro atoms. The molecule has 0 amide bonds. The summed E-state index contributed by atoms with van der Waals surface area (Å²) in [6, 6.07) is 3.54. The first-order valence-electron chi connectivity index (χ1n) is 3.95. The van der Waals surface area contributed by atoms with Gasteiger partial charge >= 0.3 is 0 Å². The first-order valence-corrected chi connectivity index (χ1v) is 4.33. The summed E-state index contributed by atoms with van der Waals surface area (Å²) in [5, 5.41) is 7.18. The minimum absolute atomic E-state index is 0.447. The van der Waals surface area contributed by atoms with E-state index in [9.17, 15) is 0 Å². The van der Waals surface area contributed by atoms with Crippen molar-refractivity contribution in [2.24, 2.45) is 0 Å². The molecule has 0 aliphatic carbocycles. The largest absolute Gasteiger partial charge is 0.377 e. The number of halogens is 1. The van der Waals surface area contributed by atoms with Crippen LogP contribution in [0.4, 0.5) is 5.69 Å². The molecular formula is C8H7ClN4O. The molecule has 0 aliphatic rings. The van der Waals surface area contributed by atoms with Crippen LogP contribution >= 0.6 is 11.6 Å². The van der Waals surface area contributed by atoms with Crippen LogP contribution in [0.15, 0.2) is 29.2 Å². The minimum atomic E-state index is 0.447. The molecule has 0 saturated heterocycles. The molecule has 2 aromatic heterocycles. The van der Waals surface area contributed by atoms with Crippen LogP contribution in [0.3, 0.4) is 0 Å². The molecular weight excluding hydrogens is 204 g/mol. The van der Waals surface area contributed by atoms with E-state index in [1.165, 1.54) is 6.39 Å². The van der Waals surface area contributed by atoms with Gasteiger partial charge in [-0.2, -0.15) is 4.98 Å². The van der Waals surface area contributed by atoms with Gasteiger partial charge in [0.1, 0.15) is 5.15 Å². The first kappa shape index (κ1) is 8.96. The van der Waals surface area contributed by atoms with Crippen molar-refractivity contribution < 1.29 is 4.52 Å². The average Bonchev–Trinajstić information content (AvgIpc) is 2.67. The fraction of sp³-hybridized carbons (Fsp3) is 0.125. The lowest BCUT2D eigenvalue weighted by molar-refractivity contribution is 0.411. The highest BCUT2D eigenvalue weighted by atomic mass is 35.5. The molecule has 0 aromatic carbocycles. The molecule has 0 unspecified atom stereocenters. The molecule has 0 fully saturated rings. The molecule has 0 saturated carbocycles. The van der Waals surface area contributed by atoms with E-state index in [4.69, 9.17) is 11.6 Å². The van der Waals surface area contributed by atoms with Gasteiger partial charge in [-0.1, -0.05) is 16.8 Å². The Kier molecular flexibility index (Phi) is 2.60. The van der Waals surface area contributed by atoms with Crippen LogP contribution < -0.4 is 5.32 Å². The third-order valence-corrected chi connectivity index (χ3v) is 1.79. The molecule has 1 N–H and O–H groups in total. The molecule has 14 heavy (non-hydrogen) atoms. The van der Waals surface area contributed by atoms with E-state index in [2.05, 4.69) is 25.0 Å². The predicted molar refractivity (Wildman–Crippen MR) is 50.9 cm³/mol. The van der Waals surface area contributed by atoms with Gasteiger partial charge in [0.15, 0.2) is 5.82 Å². The Hall–Kier alpha value is -1.62. The van der Waals surface area contributed by atoms with E-state index in [-0.39, 0.29) is 0 Å².